The van der Waals surface area contributed by atoms with Gasteiger partial charge in [0.15, 0.2) is 6.79 Å². The maximum absolute atomic E-state index is 9.15. The Morgan fingerprint density at radius 3 is 3.00 bits per heavy atom. The largest absolute Gasteiger partial charge is 0.467 e. The minimum Gasteiger partial charge on any atom is -0.467 e. The number of rotatable bonds is 7. The first-order valence-electron chi connectivity index (χ1n) is 6.58. The van der Waals surface area contributed by atoms with Crippen LogP contribution in [0.5, 0.6) is 5.75 Å². The molecule has 1 aliphatic heterocycles. The van der Waals surface area contributed by atoms with Crippen molar-refractivity contribution in [3.8, 4) is 5.75 Å². The Kier molecular flexibility index (Phi) is 6.06. The van der Waals surface area contributed by atoms with Gasteiger partial charge in [0.05, 0.1) is 19.8 Å². The zero-order chi connectivity index (χ0) is 14.4. The molecular formula is C14H20ClNO4. The lowest BCUT2D eigenvalue weighted by atomic mass is 10.1. The first-order chi connectivity index (χ1) is 9.74. The predicted molar refractivity (Wildman–Crippen MR) is 76.0 cm³/mol. The van der Waals surface area contributed by atoms with E-state index in [1.807, 2.05) is 12.1 Å². The quantitative estimate of drug-likeness (QED) is 0.830. The van der Waals surface area contributed by atoms with Gasteiger partial charge in [0.1, 0.15) is 5.75 Å². The number of methoxy groups -OCH3 is 1. The van der Waals surface area contributed by atoms with Gasteiger partial charge in [-0.3, -0.25) is 4.90 Å². The number of fused-ring (bicyclic) bond motifs is 1. The van der Waals surface area contributed by atoms with Crippen LogP contribution in [0.25, 0.3) is 0 Å². The Morgan fingerprint density at radius 2 is 2.25 bits per heavy atom. The smallest absolute Gasteiger partial charge is 0.189 e. The Labute approximate surface area is 124 Å². The standard InChI is InChI=1S/C14H20ClNO4/c1-18-5-3-16(2-4-17)8-11-6-13(15)7-12-9-19-10-20-14(11)12/h6-7,17H,2-5,8-10H2,1H3. The van der Waals surface area contributed by atoms with Crippen LogP contribution in [-0.4, -0.2) is 50.2 Å². The van der Waals surface area contributed by atoms with Gasteiger partial charge < -0.3 is 19.3 Å². The number of aliphatic hydroxyl groups is 1. The normalized spacial score (nSPS) is 14.2. The highest BCUT2D eigenvalue weighted by molar-refractivity contribution is 6.30. The fourth-order valence-corrected chi connectivity index (χ4v) is 2.51. The van der Waals surface area contributed by atoms with Crippen LogP contribution in [0.4, 0.5) is 0 Å². The molecule has 112 valence electrons. The number of ether oxygens (including phenoxy) is 3. The van der Waals surface area contributed by atoms with E-state index in [2.05, 4.69) is 4.90 Å². The van der Waals surface area contributed by atoms with Gasteiger partial charge in [-0.05, 0) is 12.1 Å². The summed E-state index contributed by atoms with van der Waals surface area (Å²) >= 11 is 6.14. The summed E-state index contributed by atoms with van der Waals surface area (Å²) in [6, 6.07) is 3.77. The highest BCUT2D eigenvalue weighted by Crippen LogP contribution is 2.32. The molecule has 1 aliphatic rings. The molecule has 1 N–H and O–H groups in total. The molecule has 0 saturated carbocycles. The van der Waals surface area contributed by atoms with Crippen molar-refractivity contribution in [2.24, 2.45) is 0 Å². The highest BCUT2D eigenvalue weighted by atomic mass is 35.5. The van der Waals surface area contributed by atoms with E-state index in [0.717, 1.165) is 23.4 Å². The molecule has 0 unspecified atom stereocenters. The average Bonchev–Trinajstić information content (AvgIpc) is 2.44. The van der Waals surface area contributed by atoms with Gasteiger partial charge in [-0.25, -0.2) is 0 Å². The average molecular weight is 302 g/mol. The number of halogens is 1. The molecule has 1 heterocycles. The maximum atomic E-state index is 9.15. The van der Waals surface area contributed by atoms with E-state index in [9.17, 15) is 0 Å². The highest BCUT2D eigenvalue weighted by Gasteiger charge is 2.18. The molecule has 20 heavy (non-hydrogen) atoms. The third-order valence-corrected chi connectivity index (χ3v) is 3.39. The Balaban J connectivity index is 2.15. The van der Waals surface area contributed by atoms with Gasteiger partial charge in [-0.15, -0.1) is 0 Å². The minimum absolute atomic E-state index is 0.108. The van der Waals surface area contributed by atoms with Crippen molar-refractivity contribution in [3.63, 3.8) is 0 Å². The van der Waals surface area contributed by atoms with Crippen LogP contribution in [0.2, 0.25) is 5.02 Å². The molecule has 6 heteroatoms. The summed E-state index contributed by atoms with van der Waals surface area (Å²) in [5, 5.41) is 9.82. The van der Waals surface area contributed by atoms with Crippen molar-refractivity contribution >= 4 is 11.6 Å². The second-order valence-electron chi connectivity index (χ2n) is 4.66. The number of nitrogens with zero attached hydrogens (tertiary/aromatic N) is 1. The van der Waals surface area contributed by atoms with E-state index in [1.165, 1.54) is 0 Å². The van der Waals surface area contributed by atoms with E-state index >= 15 is 0 Å². The van der Waals surface area contributed by atoms with Crippen molar-refractivity contribution in [2.45, 2.75) is 13.2 Å². The number of benzene rings is 1. The van der Waals surface area contributed by atoms with Gasteiger partial charge in [-0.2, -0.15) is 0 Å². The lowest BCUT2D eigenvalue weighted by molar-refractivity contribution is -0.0176. The van der Waals surface area contributed by atoms with Crippen LogP contribution in [0.3, 0.4) is 0 Å². The third-order valence-electron chi connectivity index (χ3n) is 3.17. The van der Waals surface area contributed by atoms with Gasteiger partial charge >= 0.3 is 0 Å². The molecule has 0 radical (unpaired) electrons. The lowest BCUT2D eigenvalue weighted by Gasteiger charge is -2.25. The summed E-state index contributed by atoms with van der Waals surface area (Å²) in [4.78, 5) is 2.11. The molecule has 0 amide bonds. The van der Waals surface area contributed by atoms with Gasteiger partial charge in [0.2, 0.25) is 0 Å². The number of hydrogen-bond donors (Lipinski definition) is 1. The number of hydrogen-bond acceptors (Lipinski definition) is 5. The zero-order valence-electron chi connectivity index (χ0n) is 11.6. The molecule has 0 saturated heterocycles. The summed E-state index contributed by atoms with van der Waals surface area (Å²) in [5.41, 5.74) is 1.98. The van der Waals surface area contributed by atoms with Gasteiger partial charge in [-0.1, -0.05) is 11.6 Å². The Morgan fingerprint density at radius 1 is 1.40 bits per heavy atom. The molecule has 1 aromatic rings. The Bertz CT molecular complexity index is 441. The van der Waals surface area contributed by atoms with Crippen LogP contribution in [0, 0.1) is 0 Å². The maximum Gasteiger partial charge on any atom is 0.189 e. The predicted octanol–water partition coefficient (Wildman–Crippen LogP) is 1.65. The van der Waals surface area contributed by atoms with E-state index in [0.29, 0.717) is 31.3 Å². The van der Waals surface area contributed by atoms with Crippen LogP contribution in [0.1, 0.15) is 11.1 Å². The fourth-order valence-electron chi connectivity index (χ4n) is 2.25. The molecule has 5 nitrogen and oxygen atoms in total. The molecule has 1 aromatic carbocycles. The molecule has 0 spiro atoms. The molecular weight excluding hydrogens is 282 g/mol. The van der Waals surface area contributed by atoms with Gasteiger partial charge in [0.25, 0.3) is 0 Å². The van der Waals surface area contributed by atoms with Crippen molar-refractivity contribution in [1.29, 1.82) is 0 Å². The molecule has 2 rings (SSSR count). The van der Waals surface area contributed by atoms with E-state index in [4.69, 9.17) is 30.9 Å². The summed E-state index contributed by atoms with van der Waals surface area (Å²) in [6.07, 6.45) is 0. The molecule has 0 atom stereocenters. The molecule has 0 bridgehead atoms. The second kappa shape index (κ2) is 7.81. The first kappa shape index (κ1) is 15.5. The van der Waals surface area contributed by atoms with Crippen LogP contribution in [0.15, 0.2) is 12.1 Å². The van der Waals surface area contributed by atoms with Gasteiger partial charge in [0, 0.05) is 42.9 Å². The zero-order valence-corrected chi connectivity index (χ0v) is 12.4. The lowest BCUT2D eigenvalue weighted by Crippen LogP contribution is -2.30. The topological polar surface area (TPSA) is 51.2 Å². The second-order valence-corrected chi connectivity index (χ2v) is 5.09. The van der Waals surface area contributed by atoms with Crippen molar-refractivity contribution in [1.82, 2.24) is 4.90 Å². The fraction of sp³-hybridized carbons (Fsp3) is 0.571. The SMILES string of the molecule is COCCN(CCO)Cc1cc(Cl)cc2c1OCOC2. The van der Waals surface area contributed by atoms with Crippen molar-refractivity contribution < 1.29 is 19.3 Å². The minimum atomic E-state index is 0.108. The summed E-state index contributed by atoms with van der Waals surface area (Å²) in [6.45, 7) is 3.49. The third kappa shape index (κ3) is 4.07. The summed E-state index contributed by atoms with van der Waals surface area (Å²) in [5.74, 6) is 0.848. The van der Waals surface area contributed by atoms with Crippen LogP contribution < -0.4 is 4.74 Å². The van der Waals surface area contributed by atoms with Crippen molar-refractivity contribution in [3.05, 3.63) is 28.3 Å². The molecule has 0 fully saturated rings. The van der Waals surface area contributed by atoms with Crippen LogP contribution in [-0.2, 0) is 22.6 Å². The monoisotopic (exact) mass is 301 g/mol. The first-order valence-corrected chi connectivity index (χ1v) is 6.96. The van der Waals surface area contributed by atoms with E-state index < -0.39 is 0 Å². The number of aliphatic hydroxyl groups excluding tert-OH is 1. The van der Waals surface area contributed by atoms with Crippen molar-refractivity contribution in [2.75, 3.05) is 40.2 Å². The van der Waals surface area contributed by atoms with E-state index in [-0.39, 0.29) is 13.4 Å². The Hall–Kier alpha value is -0.850. The molecule has 0 aliphatic carbocycles. The summed E-state index contributed by atoms with van der Waals surface area (Å²) in [7, 11) is 1.67. The summed E-state index contributed by atoms with van der Waals surface area (Å²) < 4.78 is 16.0. The van der Waals surface area contributed by atoms with E-state index in [1.54, 1.807) is 7.11 Å². The van der Waals surface area contributed by atoms with Crippen LogP contribution >= 0.6 is 11.6 Å². The molecule has 0 aromatic heterocycles.